The van der Waals surface area contributed by atoms with Crippen LogP contribution in [-0.2, 0) is 9.53 Å². The molecule has 0 bridgehead atoms. The van der Waals surface area contributed by atoms with Gasteiger partial charge >= 0.3 is 18.2 Å². The lowest BCUT2D eigenvalue weighted by molar-refractivity contribution is -0.173. The zero-order chi connectivity index (χ0) is 15.8. The molecule has 0 fully saturated rings. The molecule has 9 heteroatoms. The number of carboxylic acid groups (broad SMARTS) is 1. The van der Waals surface area contributed by atoms with Crippen LogP contribution in [0.3, 0.4) is 0 Å². The average molecular weight is 300 g/mol. The van der Waals surface area contributed by atoms with E-state index in [0.29, 0.717) is 6.42 Å². The molecule has 118 valence electrons. The standard InChI is InChI=1S/C11H19F3N2O4/c1-3-7(2)8(9(17)18)16-10(19)15-4-5-20-6-11(12,13)14/h7-8H,3-6H2,1-2H3,(H,17,18)(H2,15,16,19)/t7?,8-/m0/s1. The summed E-state index contributed by atoms with van der Waals surface area (Å²) in [5.41, 5.74) is 0. The summed E-state index contributed by atoms with van der Waals surface area (Å²) in [7, 11) is 0. The van der Waals surface area contributed by atoms with Crippen molar-refractivity contribution in [3.63, 3.8) is 0 Å². The lowest BCUT2D eigenvalue weighted by Crippen LogP contribution is -2.49. The van der Waals surface area contributed by atoms with E-state index in [1.54, 1.807) is 13.8 Å². The molecule has 0 aliphatic rings. The molecule has 0 aliphatic carbocycles. The van der Waals surface area contributed by atoms with E-state index in [1.165, 1.54) is 0 Å². The monoisotopic (exact) mass is 300 g/mol. The number of ether oxygens (including phenoxy) is 1. The van der Waals surface area contributed by atoms with Gasteiger partial charge in [-0.15, -0.1) is 0 Å². The number of aliphatic carboxylic acids is 1. The highest BCUT2D eigenvalue weighted by molar-refractivity contribution is 5.82. The van der Waals surface area contributed by atoms with Gasteiger partial charge in [-0.05, 0) is 5.92 Å². The van der Waals surface area contributed by atoms with Crippen LogP contribution in [0.1, 0.15) is 20.3 Å². The predicted molar refractivity (Wildman–Crippen MR) is 64.3 cm³/mol. The first-order valence-corrected chi connectivity index (χ1v) is 6.09. The number of urea groups is 1. The quantitative estimate of drug-likeness (QED) is 0.591. The Morgan fingerprint density at radius 3 is 2.40 bits per heavy atom. The Kier molecular flexibility index (Phi) is 7.97. The zero-order valence-electron chi connectivity index (χ0n) is 11.3. The van der Waals surface area contributed by atoms with Crippen molar-refractivity contribution in [3.05, 3.63) is 0 Å². The van der Waals surface area contributed by atoms with E-state index in [9.17, 15) is 22.8 Å². The minimum atomic E-state index is -4.41. The molecule has 1 unspecified atom stereocenters. The Labute approximate surface area is 114 Å². The third kappa shape index (κ3) is 8.57. The third-order valence-electron chi connectivity index (χ3n) is 2.56. The lowest BCUT2D eigenvalue weighted by Gasteiger charge is -2.20. The van der Waals surface area contributed by atoms with Crippen molar-refractivity contribution in [1.29, 1.82) is 0 Å². The number of hydrogen-bond donors (Lipinski definition) is 3. The smallest absolute Gasteiger partial charge is 0.411 e. The normalized spacial score (nSPS) is 14.4. The number of carbonyl (C=O) groups excluding carboxylic acids is 1. The second-order valence-corrected chi connectivity index (χ2v) is 4.27. The topological polar surface area (TPSA) is 87.7 Å². The predicted octanol–water partition coefficient (Wildman–Crippen LogP) is 1.36. The summed E-state index contributed by atoms with van der Waals surface area (Å²) in [5.74, 6) is -1.43. The molecule has 0 heterocycles. The van der Waals surface area contributed by atoms with Crippen molar-refractivity contribution in [3.8, 4) is 0 Å². The summed E-state index contributed by atoms with van der Waals surface area (Å²) in [6.07, 6.45) is -3.85. The van der Waals surface area contributed by atoms with Gasteiger partial charge < -0.3 is 20.5 Å². The molecule has 0 saturated carbocycles. The zero-order valence-corrected chi connectivity index (χ0v) is 11.3. The molecular weight excluding hydrogens is 281 g/mol. The summed E-state index contributed by atoms with van der Waals surface area (Å²) >= 11 is 0. The minimum Gasteiger partial charge on any atom is -0.480 e. The summed E-state index contributed by atoms with van der Waals surface area (Å²) in [6.45, 7) is 1.61. The van der Waals surface area contributed by atoms with Crippen LogP contribution in [0.2, 0.25) is 0 Å². The SMILES string of the molecule is CCC(C)[C@H](NC(=O)NCCOCC(F)(F)F)C(=O)O. The molecule has 20 heavy (non-hydrogen) atoms. The van der Waals surface area contributed by atoms with Crippen molar-refractivity contribution in [2.75, 3.05) is 19.8 Å². The van der Waals surface area contributed by atoms with Crippen molar-refractivity contribution in [2.45, 2.75) is 32.5 Å². The van der Waals surface area contributed by atoms with Gasteiger partial charge in [0, 0.05) is 6.54 Å². The van der Waals surface area contributed by atoms with Gasteiger partial charge in [0.2, 0.25) is 0 Å². The molecule has 0 rings (SSSR count). The van der Waals surface area contributed by atoms with E-state index in [-0.39, 0.29) is 19.1 Å². The number of carbonyl (C=O) groups is 2. The van der Waals surface area contributed by atoms with Gasteiger partial charge in [0.05, 0.1) is 6.61 Å². The molecule has 0 spiro atoms. The van der Waals surface area contributed by atoms with Gasteiger partial charge in [-0.1, -0.05) is 20.3 Å². The van der Waals surface area contributed by atoms with Crippen LogP contribution in [-0.4, -0.2) is 49.1 Å². The van der Waals surface area contributed by atoms with Crippen LogP contribution in [0, 0.1) is 5.92 Å². The molecule has 3 N–H and O–H groups in total. The minimum absolute atomic E-state index is 0.144. The fourth-order valence-corrected chi connectivity index (χ4v) is 1.30. The maximum absolute atomic E-state index is 11.7. The Balaban J connectivity index is 3.95. The van der Waals surface area contributed by atoms with Crippen molar-refractivity contribution < 1.29 is 32.6 Å². The highest BCUT2D eigenvalue weighted by Crippen LogP contribution is 2.13. The van der Waals surface area contributed by atoms with Crippen LogP contribution in [0.4, 0.5) is 18.0 Å². The number of hydrogen-bond acceptors (Lipinski definition) is 3. The molecule has 0 aromatic carbocycles. The van der Waals surface area contributed by atoms with Gasteiger partial charge in [0.15, 0.2) is 0 Å². The molecule has 0 aliphatic heterocycles. The molecular formula is C11H19F3N2O4. The van der Waals surface area contributed by atoms with Gasteiger partial charge in [0.1, 0.15) is 12.6 Å². The van der Waals surface area contributed by atoms with E-state index in [0.717, 1.165) is 0 Å². The summed E-state index contributed by atoms with van der Waals surface area (Å²) < 4.78 is 39.5. The second kappa shape index (κ2) is 8.62. The molecule has 2 atom stereocenters. The fourth-order valence-electron chi connectivity index (χ4n) is 1.30. The number of nitrogens with one attached hydrogen (secondary N) is 2. The maximum atomic E-state index is 11.7. The highest BCUT2D eigenvalue weighted by atomic mass is 19.4. The first kappa shape index (κ1) is 18.5. The Morgan fingerprint density at radius 1 is 1.35 bits per heavy atom. The van der Waals surface area contributed by atoms with E-state index < -0.39 is 30.8 Å². The molecule has 2 amide bonds. The van der Waals surface area contributed by atoms with Crippen molar-refractivity contribution in [1.82, 2.24) is 10.6 Å². The fraction of sp³-hybridized carbons (Fsp3) is 0.818. The van der Waals surface area contributed by atoms with Gasteiger partial charge in [-0.2, -0.15) is 13.2 Å². The van der Waals surface area contributed by atoms with Crippen LogP contribution in [0.5, 0.6) is 0 Å². The molecule has 0 aromatic rings. The maximum Gasteiger partial charge on any atom is 0.411 e. The first-order chi connectivity index (χ1) is 9.17. The van der Waals surface area contributed by atoms with Gasteiger partial charge in [0.25, 0.3) is 0 Å². The van der Waals surface area contributed by atoms with E-state index in [4.69, 9.17) is 5.11 Å². The van der Waals surface area contributed by atoms with Crippen molar-refractivity contribution in [2.24, 2.45) is 5.92 Å². The number of alkyl halides is 3. The van der Waals surface area contributed by atoms with Gasteiger partial charge in [-0.25, -0.2) is 9.59 Å². The number of halogens is 3. The summed E-state index contributed by atoms with van der Waals surface area (Å²) in [4.78, 5) is 22.3. The highest BCUT2D eigenvalue weighted by Gasteiger charge is 2.27. The van der Waals surface area contributed by atoms with Crippen LogP contribution in [0.15, 0.2) is 0 Å². The lowest BCUT2D eigenvalue weighted by atomic mass is 9.99. The Hall–Kier alpha value is -1.51. The molecule has 0 radical (unpaired) electrons. The summed E-state index contributed by atoms with van der Waals surface area (Å²) in [5, 5.41) is 13.4. The number of rotatable bonds is 8. The first-order valence-electron chi connectivity index (χ1n) is 6.09. The summed E-state index contributed by atoms with van der Waals surface area (Å²) in [6, 6.07) is -1.80. The van der Waals surface area contributed by atoms with Crippen LogP contribution in [0.25, 0.3) is 0 Å². The van der Waals surface area contributed by atoms with E-state index in [2.05, 4.69) is 15.4 Å². The second-order valence-electron chi connectivity index (χ2n) is 4.27. The van der Waals surface area contributed by atoms with Crippen LogP contribution >= 0.6 is 0 Å². The number of carboxylic acids is 1. The van der Waals surface area contributed by atoms with Crippen LogP contribution < -0.4 is 10.6 Å². The van der Waals surface area contributed by atoms with E-state index >= 15 is 0 Å². The largest absolute Gasteiger partial charge is 0.480 e. The molecule has 0 saturated heterocycles. The third-order valence-corrected chi connectivity index (χ3v) is 2.56. The van der Waals surface area contributed by atoms with Crippen molar-refractivity contribution >= 4 is 12.0 Å². The molecule has 6 nitrogen and oxygen atoms in total. The Bertz CT molecular complexity index is 323. The van der Waals surface area contributed by atoms with Gasteiger partial charge in [-0.3, -0.25) is 0 Å². The average Bonchev–Trinajstić information content (AvgIpc) is 2.32. The Morgan fingerprint density at radius 2 is 1.95 bits per heavy atom. The number of amides is 2. The van der Waals surface area contributed by atoms with E-state index in [1.807, 2.05) is 0 Å². The molecule has 0 aromatic heterocycles.